The first-order chi connectivity index (χ1) is 16.3. The molecule has 0 radical (unpaired) electrons. The van der Waals surface area contributed by atoms with E-state index in [1.54, 1.807) is 27.7 Å². The second-order valence-electron chi connectivity index (χ2n) is 7.97. The first-order valence-electron chi connectivity index (χ1n) is 10.7. The SMILES string of the molecule is CCNC(=O)CNC(=O)CNC(=O)CN(CC(=O)OC)C(=O)CNC(=O)CNC(=O)OC(C)(C)C. The number of hydrogen-bond donors (Lipinski definition) is 5. The van der Waals surface area contributed by atoms with Gasteiger partial charge in [0, 0.05) is 6.54 Å². The Morgan fingerprint density at radius 1 is 0.686 bits per heavy atom. The average Bonchev–Trinajstić information content (AvgIpc) is 2.76. The first kappa shape index (κ1) is 31.1. The summed E-state index contributed by atoms with van der Waals surface area (Å²) < 4.78 is 9.48. The highest BCUT2D eigenvalue weighted by atomic mass is 16.6. The maximum Gasteiger partial charge on any atom is 0.408 e. The highest BCUT2D eigenvalue weighted by molar-refractivity contribution is 5.93. The number of methoxy groups -OCH3 is 1. The summed E-state index contributed by atoms with van der Waals surface area (Å²) in [7, 11) is 1.09. The monoisotopic (exact) mass is 502 g/mol. The zero-order chi connectivity index (χ0) is 27.0. The van der Waals surface area contributed by atoms with E-state index in [0.29, 0.717) is 6.54 Å². The molecule has 0 aromatic rings. The van der Waals surface area contributed by atoms with Gasteiger partial charge in [-0.05, 0) is 27.7 Å². The van der Waals surface area contributed by atoms with Crippen molar-refractivity contribution in [1.29, 1.82) is 0 Å². The van der Waals surface area contributed by atoms with Crippen molar-refractivity contribution in [2.45, 2.75) is 33.3 Å². The molecule has 0 bridgehead atoms. The maximum atomic E-state index is 12.4. The third-order valence-electron chi connectivity index (χ3n) is 3.73. The number of amides is 6. The van der Waals surface area contributed by atoms with Crippen molar-refractivity contribution in [3.63, 3.8) is 0 Å². The average molecular weight is 503 g/mol. The van der Waals surface area contributed by atoms with Crippen LogP contribution in [0, 0.1) is 0 Å². The lowest BCUT2D eigenvalue weighted by molar-refractivity contribution is -0.148. The minimum absolute atomic E-state index is 0.266. The molecule has 0 saturated carbocycles. The summed E-state index contributed by atoms with van der Waals surface area (Å²) in [5.41, 5.74) is -0.754. The van der Waals surface area contributed by atoms with Gasteiger partial charge in [0.1, 0.15) is 25.2 Å². The van der Waals surface area contributed by atoms with Crippen LogP contribution in [0.3, 0.4) is 0 Å². The molecule has 0 aliphatic heterocycles. The molecule has 0 aromatic heterocycles. The van der Waals surface area contributed by atoms with Gasteiger partial charge in [0.2, 0.25) is 29.5 Å². The molecule has 0 aliphatic rings. The Kier molecular flexibility index (Phi) is 14.1. The van der Waals surface area contributed by atoms with E-state index in [0.717, 1.165) is 12.0 Å². The number of nitrogens with one attached hydrogen (secondary N) is 5. The molecular weight excluding hydrogens is 468 g/mol. The van der Waals surface area contributed by atoms with Crippen molar-refractivity contribution >= 4 is 41.6 Å². The van der Waals surface area contributed by atoms with Gasteiger partial charge in [-0.15, -0.1) is 0 Å². The molecule has 0 aromatic carbocycles. The molecule has 5 N–H and O–H groups in total. The number of esters is 1. The number of ether oxygens (including phenoxy) is 2. The largest absolute Gasteiger partial charge is 0.468 e. The number of likely N-dealkylation sites (N-methyl/N-ethyl adjacent to an activating group) is 1. The third-order valence-corrected chi connectivity index (χ3v) is 3.73. The van der Waals surface area contributed by atoms with Gasteiger partial charge in [-0.2, -0.15) is 0 Å². The highest BCUT2D eigenvalue weighted by Crippen LogP contribution is 2.06. The molecule has 0 atom stereocenters. The molecule has 0 aliphatic carbocycles. The zero-order valence-corrected chi connectivity index (χ0v) is 20.6. The summed E-state index contributed by atoms with van der Waals surface area (Å²) in [6, 6.07) is 0. The number of hydrogen-bond acceptors (Lipinski definition) is 9. The molecule has 0 fully saturated rings. The van der Waals surface area contributed by atoms with E-state index >= 15 is 0 Å². The van der Waals surface area contributed by atoms with E-state index in [1.165, 1.54) is 0 Å². The second kappa shape index (κ2) is 15.8. The number of rotatable bonds is 13. The Hall–Kier alpha value is -3.91. The molecule has 0 unspecified atom stereocenters. The van der Waals surface area contributed by atoms with Crippen molar-refractivity contribution in [3.05, 3.63) is 0 Å². The van der Waals surface area contributed by atoms with Crippen molar-refractivity contribution < 1.29 is 43.0 Å². The fourth-order valence-corrected chi connectivity index (χ4v) is 2.18. The summed E-state index contributed by atoms with van der Waals surface area (Å²) in [5, 5.41) is 11.5. The number of alkyl carbamates (subject to hydrolysis) is 1. The molecule has 0 heterocycles. The summed E-state index contributed by atoms with van der Waals surface area (Å²) >= 11 is 0. The fraction of sp³-hybridized carbons (Fsp3) is 0.650. The third kappa shape index (κ3) is 16.4. The molecule has 0 spiro atoms. The van der Waals surface area contributed by atoms with Crippen LogP contribution in [0.4, 0.5) is 4.79 Å². The molecule has 198 valence electrons. The van der Waals surface area contributed by atoms with Crippen molar-refractivity contribution in [3.8, 4) is 0 Å². The summed E-state index contributed by atoms with van der Waals surface area (Å²) in [6.07, 6.45) is -0.821. The van der Waals surface area contributed by atoms with Crippen LogP contribution in [-0.2, 0) is 38.2 Å². The van der Waals surface area contributed by atoms with E-state index < -0.39 is 79.9 Å². The minimum atomic E-state index is -0.821. The van der Waals surface area contributed by atoms with Crippen LogP contribution >= 0.6 is 0 Å². The molecule has 0 rings (SSSR count). The van der Waals surface area contributed by atoms with Crippen LogP contribution in [0.15, 0.2) is 0 Å². The summed E-state index contributed by atoms with van der Waals surface area (Å²) in [6.45, 7) is 4.09. The van der Waals surface area contributed by atoms with E-state index in [1.807, 2.05) is 0 Å². The molecule has 0 saturated heterocycles. The number of carbonyl (C=O) groups excluding carboxylic acids is 7. The van der Waals surface area contributed by atoms with Gasteiger partial charge in [-0.25, -0.2) is 4.79 Å². The van der Waals surface area contributed by atoms with E-state index in [2.05, 4.69) is 31.3 Å². The Morgan fingerprint density at radius 3 is 1.69 bits per heavy atom. The Labute approximate surface area is 203 Å². The van der Waals surface area contributed by atoms with Crippen molar-refractivity contribution in [2.75, 3.05) is 52.9 Å². The standard InChI is InChI=1S/C20H34N6O9/c1-6-21-13(27)7-22-14(28)8-23-16(30)11-26(12-18(32)34-5)17(31)10-24-15(29)9-25-19(33)35-20(2,3)4/h6-12H2,1-5H3,(H,21,27)(H,22,28)(H,23,30)(H,24,29)(H,25,33). The number of carbonyl (C=O) groups is 7. The van der Waals surface area contributed by atoms with Crippen LogP contribution in [0.5, 0.6) is 0 Å². The lowest BCUT2D eigenvalue weighted by atomic mass is 10.2. The molecule has 35 heavy (non-hydrogen) atoms. The summed E-state index contributed by atoms with van der Waals surface area (Å²) in [4.78, 5) is 83.5. The Morgan fingerprint density at radius 2 is 1.17 bits per heavy atom. The molecular formula is C20H34N6O9. The highest BCUT2D eigenvalue weighted by Gasteiger charge is 2.22. The van der Waals surface area contributed by atoms with Gasteiger partial charge < -0.3 is 41.0 Å². The maximum absolute atomic E-state index is 12.4. The van der Waals surface area contributed by atoms with E-state index in [-0.39, 0.29) is 6.54 Å². The smallest absolute Gasteiger partial charge is 0.408 e. The predicted octanol–water partition coefficient (Wildman–Crippen LogP) is -3.00. The summed E-state index contributed by atoms with van der Waals surface area (Å²) in [5.74, 6) is -4.13. The molecule has 15 nitrogen and oxygen atoms in total. The normalized spacial score (nSPS) is 10.3. The van der Waals surface area contributed by atoms with Crippen molar-refractivity contribution in [2.24, 2.45) is 0 Å². The van der Waals surface area contributed by atoms with Crippen molar-refractivity contribution in [1.82, 2.24) is 31.5 Å². The topological polar surface area (TPSA) is 201 Å². The van der Waals surface area contributed by atoms with Crippen LogP contribution in [0.25, 0.3) is 0 Å². The van der Waals surface area contributed by atoms with Crippen LogP contribution < -0.4 is 26.6 Å². The lowest BCUT2D eigenvalue weighted by Crippen LogP contribution is -2.49. The van der Waals surface area contributed by atoms with Gasteiger partial charge in [-0.3, -0.25) is 28.8 Å². The Balaban J connectivity index is 4.66. The van der Waals surface area contributed by atoms with Crippen LogP contribution in [0.2, 0.25) is 0 Å². The first-order valence-corrected chi connectivity index (χ1v) is 10.7. The minimum Gasteiger partial charge on any atom is -0.468 e. The van der Waals surface area contributed by atoms with Crippen LogP contribution in [0.1, 0.15) is 27.7 Å². The van der Waals surface area contributed by atoms with Gasteiger partial charge in [0.25, 0.3) is 0 Å². The van der Waals surface area contributed by atoms with E-state index in [9.17, 15) is 33.6 Å². The predicted molar refractivity (Wildman–Crippen MR) is 121 cm³/mol. The van der Waals surface area contributed by atoms with Gasteiger partial charge in [0.15, 0.2) is 0 Å². The second-order valence-corrected chi connectivity index (χ2v) is 7.97. The van der Waals surface area contributed by atoms with Crippen LogP contribution in [-0.4, -0.2) is 105 Å². The van der Waals surface area contributed by atoms with Gasteiger partial charge >= 0.3 is 12.1 Å². The zero-order valence-electron chi connectivity index (χ0n) is 20.6. The fourth-order valence-electron chi connectivity index (χ4n) is 2.18. The van der Waals surface area contributed by atoms with E-state index in [4.69, 9.17) is 4.74 Å². The lowest BCUT2D eigenvalue weighted by Gasteiger charge is -2.21. The number of nitrogens with zero attached hydrogens (tertiary/aromatic N) is 1. The molecule has 6 amide bonds. The molecule has 15 heteroatoms. The Bertz CT molecular complexity index is 794. The van der Waals surface area contributed by atoms with Gasteiger partial charge in [-0.1, -0.05) is 0 Å². The van der Waals surface area contributed by atoms with Gasteiger partial charge in [0.05, 0.1) is 26.7 Å². The quantitative estimate of drug-likeness (QED) is 0.163.